The van der Waals surface area contributed by atoms with Gasteiger partial charge in [-0.05, 0) is 35.7 Å². The molecule has 1 aromatic carbocycles. The molecule has 0 N–H and O–H groups in total. The van der Waals surface area contributed by atoms with Crippen LogP contribution in [0, 0.1) is 10.1 Å². The summed E-state index contributed by atoms with van der Waals surface area (Å²) in [5, 5.41) is 10.8. The molecule has 0 aliphatic carbocycles. The fourth-order valence-electron chi connectivity index (χ4n) is 2.86. The monoisotopic (exact) mass is 528 g/mol. The highest BCUT2D eigenvalue weighted by Crippen LogP contribution is 2.39. The van der Waals surface area contributed by atoms with Crippen LogP contribution in [0.3, 0.4) is 0 Å². The Kier molecular flexibility index (Phi) is 9.92. The number of rotatable bonds is 13. The highest BCUT2D eigenvalue weighted by atomic mass is 35.5. The van der Waals surface area contributed by atoms with Crippen LogP contribution in [0.4, 0.5) is 10.7 Å². The quantitative estimate of drug-likeness (QED) is 0.126. The van der Waals surface area contributed by atoms with E-state index < -0.39 is 34.5 Å². The predicted octanol–water partition coefficient (Wildman–Crippen LogP) is 3.88. The molecule has 0 aliphatic heterocycles. The topological polar surface area (TPSA) is 130 Å². The van der Waals surface area contributed by atoms with Gasteiger partial charge in [-0.2, -0.15) is 8.42 Å². The molecule has 0 saturated heterocycles. The van der Waals surface area contributed by atoms with Crippen molar-refractivity contribution in [3.8, 4) is 5.75 Å². The van der Waals surface area contributed by atoms with E-state index in [0.29, 0.717) is 24.8 Å². The number of nitrogens with zero attached hydrogens (tertiary/aromatic N) is 2. The van der Waals surface area contributed by atoms with Gasteiger partial charge < -0.3 is 14.0 Å². The number of alkyl halides is 2. The van der Waals surface area contributed by atoms with Gasteiger partial charge in [0, 0.05) is 37.0 Å². The minimum Gasteiger partial charge on any atom is -0.596 e. The van der Waals surface area contributed by atoms with Crippen LogP contribution in [0.2, 0.25) is 0 Å². The fraction of sp³-hybridized carbons (Fsp3) is 0.412. The predicted molar refractivity (Wildman–Crippen MR) is 120 cm³/mol. The zero-order valence-electron chi connectivity index (χ0n) is 16.1. The number of benzene rings is 1. The van der Waals surface area contributed by atoms with Gasteiger partial charge in [0.25, 0.3) is 0 Å². The van der Waals surface area contributed by atoms with Crippen molar-refractivity contribution in [2.24, 2.45) is 0 Å². The molecule has 2 aromatic rings. The largest absolute Gasteiger partial charge is 0.596 e. The maximum atomic E-state index is 12.9. The molecular formula is C17H19Cl2N2O7PS2. The minimum absolute atomic E-state index is 0.00478. The van der Waals surface area contributed by atoms with Crippen LogP contribution in [0.1, 0.15) is 17.2 Å². The first-order valence-corrected chi connectivity index (χ1v) is 13.7. The van der Waals surface area contributed by atoms with E-state index in [1.807, 2.05) is 4.90 Å². The van der Waals surface area contributed by atoms with Gasteiger partial charge >= 0.3 is 23.1 Å². The van der Waals surface area contributed by atoms with Gasteiger partial charge in [-0.15, -0.1) is 23.2 Å². The summed E-state index contributed by atoms with van der Waals surface area (Å²) in [6.45, 7) is 1.09. The number of halogens is 2. The molecule has 2 rings (SSSR count). The highest BCUT2D eigenvalue weighted by Gasteiger charge is 2.36. The first kappa shape index (κ1) is 25.8. The van der Waals surface area contributed by atoms with Crippen LogP contribution < -0.4 is 14.0 Å². The molecule has 0 saturated carbocycles. The average Bonchev–Trinajstić information content (AvgIpc) is 3.17. The van der Waals surface area contributed by atoms with Gasteiger partial charge in [-0.1, -0.05) is 15.9 Å². The first-order valence-electron chi connectivity index (χ1n) is 8.93. The van der Waals surface area contributed by atoms with E-state index in [9.17, 15) is 28.0 Å². The zero-order valence-corrected chi connectivity index (χ0v) is 20.1. The van der Waals surface area contributed by atoms with E-state index >= 15 is 0 Å². The van der Waals surface area contributed by atoms with E-state index in [0.717, 1.165) is 17.0 Å². The summed E-state index contributed by atoms with van der Waals surface area (Å²) in [5.74, 6) is 0.758. The molecule has 0 aliphatic rings. The Morgan fingerprint density at radius 1 is 1.16 bits per heavy atom. The van der Waals surface area contributed by atoms with Crippen molar-refractivity contribution in [2.75, 3.05) is 35.9 Å². The lowest BCUT2D eigenvalue weighted by molar-refractivity contribution is -0.380. The molecule has 1 heterocycles. The summed E-state index contributed by atoms with van der Waals surface area (Å²) in [4.78, 5) is 23.5. The number of anilines is 1. The number of thiophene rings is 1. The van der Waals surface area contributed by atoms with Gasteiger partial charge in [0.1, 0.15) is 17.2 Å². The molecule has 14 heteroatoms. The van der Waals surface area contributed by atoms with Crippen LogP contribution in [0.15, 0.2) is 35.7 Å². The molecule has 170 valence electrons. The third-order valence-corrected chi connectivity index (χ3v) is 7.69. The van der Waals surface area contributed by atoms with E-state index in [2.05, 4.69) is 0 Å². The molecule has 0 radical (unpaired) electrons. The summed E-state index contributed by atoms with van der Waals surface area (Å²) >= 11 is 12.3. The summed E-state index contributed by atoms with van der Waals surface area (Å²) < 4.78 is 42.1. The van der Waals surface area contributed by atoms with Crippen molar-refractivity contribution >= 4 is 63.4 Å². The van der Waals surface area contributed by atoms with E-state index in [1.54, 1.807) is 12.1 Å². The summed E-state index contributed by atoms with van der Waals surface area (Å²) in [6.07, 6.45) is -0.823. The lowest BCUT2D eigenvalue weighted by Gasteiger charge is -2.23. The Bertz CT molecular complexity index is 996. The summed E-state index contributed by atoms with van der Waals surface area (Å²) in [6, 6.07) is 7.46. The third kappa shape index (κ3) is 7.27. The summed E-state index contributed by atoms with van der Waals surface area (Å²) in [7, 11) is -7.30. The number of hydrogen-bond donors (Lipinski definition) is 0. The first-order chi connectivity index (χ1) is 14.7. The fourth-order valence-corrected chi connectivity index (χ4v) is 6.17. The second-order valence-electron chi connectivity index (χ2n) is 6.21. The molecule has 0 amide bonds. The van der Waals surface area contributed by atoms with Crippen molar-refractivity contribution in [3.63, 3.8) is 0 Å². The number of hydrogen-bond acceptors (Lipinski definition) is 9. The molecule has 31 heavy (non-hydrogen) atoms. The normalized spacial score (nSPS) is 12.9. The van der Waals surface area contributed by atoms with Crippen LogP contribution in [0.25, 0.3) is 0 Å². The van der Waals surface area contributed by atoms with Crippen LogP contribution in [0.5, 0.6) is 5.75 Å². The second kappa shape index (κ2) is 11.9. The molecule has 9 nitrogen and oxygen atoms in total. The minimum atomic E-state index is -4.42. The Morgan fingerprint density at radius 2 is 1.77 bits per heavy atom. The third-order valence-electron chi connectivity index (χ3n) is 4.23. The molecular weight excluding hydrogens is 510 g/mol. The smallest absolute Gasteiger partial charge is 0.328 e. The molecule has 0 bridgehead atoms. The van der Waals surface area contributed by atoms with Crippen molar-refractivity contribution < 1.29 is 27.0 Å². The maximum absolute atomic E-state index is 12.9. The van der Waals surface area contributed by atoms with Crippen molar-refractivity contribution in [1.29, 1.82) is 0 Å². The number of nitro groups is 1. The van der Waals surface area contributed by atoms with Gasteiger partial charge in [0.2, 0.25) is 0 Å². The molecule has 2 unspecified atom stereocenters. The lowest BCUT2D eigenvalue weighted by atomic mass is 10.2. The maximum Gasteiger partial charge on any atom is 0.328 e. The van der Waals surface area contributed by atoms with Gasteiger partial charge in [-0.3, -0.25) is 10.1 Å². The molecule has 0 fully saturated rings. The molecule has 1 aromatic heterocycles. The van der Waals surface area contributed by atoms with Gasteiger partial charge in [0.15, 0.2) is 0 Å². The zero-order chi connectivity index (χ0) is 23.0. The van der Waals surface area contributed by atoms with Crippen molar-refractivity contribution in [3.05, 3.63) is 51.4 Å². The average molecular weight is 529 g/mol. The van der Waals surface area contributed by atoms with Crippen molar-refractivity contribution in [1.82, 2.24) is 0 Å². The van der Waals surface area contributed by atoms with Crippen molar-refractivity contribution in [2.45, 2.75) is 11.7 Å². The van der Waals surface area contributed by atoms with E-state index in [4.69, 9.17) is 27.4 Å². The second-order valence-corrected chi connectivity index (χ2v) is 10.7. The summed E-state index contributed by atoms with van der Waals surface area (Å²) in [5.41, 5.74) is 0.665. The Hall–Kier alpha value is -1.49. The van der Waals surface area contributed by atoms with E-state index in [-0.39, 0.29) is 22.7 Å². The van der Waals surface area contributed by atoms with E-state index in [1.165, 1.54) is 23.6 Å². The van der Waals surface area contributed by atoms with Crippen LogP contribution in [-0.4, -0.2) is 44.4 Å². The van der Waals surface area contributed by atoms with Crippen LogP contribution in [-0.2, 0) is 14.7 Å². The molecule has 2 atom stereocenters. The van der Waals surface area contributed by atoms with Crippen LogP contribution >= 0.6 is 42.6 Å². The Balaban J connectivity index is 2.30. The Labute approximate surface area is 194 Å². The SMILES string of the molecule is O=[N+]([O-])c1sccc1C(CC[P+](=O)[O-])S(=O)(=O)Oc1ccc(N(CCCl)CCCl)cc1. The van der Waals surface area contributed by atoms with Gasteiger partial charge in [-0.25, -0.2) is 0 Å². The Morgan fingerprint density at radius 3 is 2.29 bits per heavy atom. The lowest BCUT2D eigenvalue weighted by Crippen LogP contribution is -2.27. The van der Waals surface area contributed by atoms with Gasteiger partial charge in [0.05, 0.1) is 10.5 Å². The molecule has 0 spiro atoms. The highest BCUT2D eigenvalue weighted by molar-refractivity contribution is 7.87. The standard InChI is InChI=1S/C17H19Cl2N2O7PS2/c18-7-9-20(10-8-19)13-1-3-14(4-2-13)28-31(26,27)16(5-11-29(24)25)15-6-12-30-17(15)21(22)23/h1-4,6,12,16H,5,7-11H2.